The smallest absolute Gasteiger partial charge is 0.217 e. The lowest BCUT2D eigenvalue weighted by atomic mass is 10.3. The molecule has 2 rings (SSSR count). The van der Waals surface area contributed by atoms with Gasteiger partial charge in [-0.3, -0.25) is 9.89 Å². The van der Waals surface area contributed by atoms with Gasteiger partial charge < -0.3 is 5.32 Å². The quantitative estimate of drug-likeness (QED) is 0.802. The number of carbonyl (C=O) groups is 1. The largest absolute Gasteiger partial charge is 0.353 e. The SMILES string of the molecule is CC(=O)NCC=Cc1[nH]nc2ncnc(Cl)c12. The Morgan fingerprint density at radius 2 is 2.41 bits per heavy atom. The summed E-state index contributed by atoms with van der Waals surface area (Å²) in [7, 11) is 0. The van der Waals surface area contributed by atoms with E-state index in [1.807, 2.05) is 0 Å². The first-order chi connectivity index (χ1) is 8.18. The van der Waals surface area contributed by atoms with Gasteiger partial charge in [0.25, 0.3) is 0 Å². The highest BCUT2D eigenvalue weighted by molar-refractivity contribution is 6.34. The van der Waals surface area contributed by atoms with Crippen LogP contribution in [0.2, 0.25) is 5.15 Å². The average molecular weight is 252 g/mol. The van der Waals surface area contributed by atoms with Gasteiger partial charge in [-0.15, -0.1) is 0 Å². The van der Waals surface area contributed by atoms with E-state index in [9.17, 15) is 4.79 Å². The van der Waals surface area contributed by atoms with Crippen LogP contribution in [0.25, 0.3) is 17.1 Å². The Balaban J connectivity index is 2.22. The fourth-order valence-electron chi connectivity index (χ4n) is 1.34. The van der Waals surface area contributed by atoms with Crippen LogP contribution in [0.4, 0.5) is 0 Å². The minimum Gasteiger partial charge on any atom is -0.353 e. The zero-order valence-corrected chi connectivity index (χ0v) is 9.82. The van der Waals surface area contributed by atoms with Crippen LogP contribution >= 0.6 is 11.6 Å². The molecule has 0 fully saturated rings. The van der Waals surface area contributed by atoms with Gasteiger partial charge >= 0.3 is 0 Å². The van der Waals surface area contributed by atoms with Crippen molar-refractivity contribution in [2.75, 3.05) is 6.54 Å². The molecule has 7 heteroatoms. The Hall–Kier alpha value is -1.95. The summed E-state index contributed by atoms with van der Waals surface area (Å²) in [5, 5.41) is 10.5. The van der Waals surface area contributed by atoms with Gasteiger partial charge in [0, 0.05) is 13.5 Å². The molecule has 2 N–H and O–H groups in total. The number of fused-ring (bicyclic) bond motifs is 1. The van der Waals surface area contributed by atoms with Crippen LogP contribution in [-0.4, -0.2) is 32.6 Å². The molecule has 0 saturated heterocycles. The van der Waals surface area contributed by atoms with Crippen LogP contribution in [-0.2, 0) is 4.79 Å². The van der Waals surface area contributed by atoms with Crippen LogP contribution in [0, 0.1) is 0 Å². The van der Waals surface area contributed by atoms with Crippen molar-refractivity contribution in [2.24, 2.45) is 0 Å². The highest BCUT2D eigenvalue weighted by atomic mass is 35.5. The molecule has 0 radical (unpaired) electrons. The standard InChI is InChI=1S/C10H10ClN5O/c1-6(17)12-4-2-3-7-8-9(11)13-5-14-10(8)16-15-7/h2-3,5H,4H2,1H3,(H,12,17)(H,13,14,15,16). The topological polar surface area (TPSA) is 83.6 Å². The van der Waals surface area contributed by atoms with E-state index >= 15 is 0 Å². The average Bonchev–Trinajstić information content (AvgIpc) is 2.69. The van der Waals surface area contributed by atoms with E-state index in [4.69, 9.17) is 11.6 Å². The second-order valence-electron chi connectivity index (χ2n) is 3.34. The maximum Gasteiger partial charge on any atom is 0.217 e. The van der Waals surface area contributed by atoms with Crippen molar-refractivity contribution < 1.29 is 4.79 Å². The number of rotatable bonds is 3. The number of halogens is 1. The molecule has 0 aromatic carbocycles. The Morgan fingerprint density at radius 3 is 3.18 bits per heavy atom. The maximum absolute atomic E-state index is 10.7. The highest BCUT2D eigenvalue weighted by Crippen LogP contribution is 2.21. The van der Waals surface area contributed by atoms with Gasteiger partial charge in [0.05, 0.1) is 11.1 Å². The Bertz CT molecular complexity index is 577. The number of amides is 1. The van der Waals surface area contributed by atoms with E-state index in [0.717, 1.165) is 5.69 Å². The lowest BCUT2D eigenvalue weighted by Gasteiger charge is -1.95. The van der Waals surface area contributed by atoms with Crippen molar-refractivity contribution in [3.63, 3.8) is 0 Å². The summed E-state index contributed by atoms with van der Waals surface area (Å²) >= 11 is 5.95. The van der Waals surface area contributed by atoms with Crippen molar-refractivity contribution in [1.82, 2.24) is 25.5 Å². The minimum atomic E-state index is -0.0783. The Morgan fingerprint density at radius 1 is 1.59 bits per heavy atom. The molecular formula is C10H10ClN5O. The molecule has 0 saturated carbocycles. The Kier molecular flexibility index (Phi) is 3.34. The van der Waals surface area contributed by atoms with Crippen molar-refractivity contribution in [3.05, 3.63) is 23.3 Å². The fraction of sp³-hybridized carbons (Fsp3) is 0.200. The first-order valence-electron chi connectivity index (χ1n) is 4.94. The molecule has 1 amide bonds. The summed E-state index contributed by atoms with van der Waals surface area (Å²) in [6.45, 7) is 1.91. The molecule has 2 aromatic rings. The number of aromatic amines is 1. The normalized spacial score (nSPS) is 11.2. The zero-order valence-electron chi connectivity index (χ0n) is 9.07. The molecule has 2 aromatic heterocycles. The van der Waals surface area contributed by atoms with Gasteiger partial charge in [-0.1, -0.05) is 17.7 Å². The lowest BCUT2D eigenvalue weighted by Crippen LogP contribution is -2.19. The molecule has 2 heterocycles. The van der Waals surface area contributed by atoms with E-state index in [1.54, 1.807) is 12.2 Å². The number of nitrogens with zero attached hydrogens (tertiary/aromatic N) is 3. The molecule has 0 atom stereocenters. The first kappa shape index (κ1) is 11.5. The number of carbonyl (C=O) groups excluding carboxylic acids is 1. The van der Waals surface area contributed by atoms with Gasteiger partial charge in [-0.2, -0.15) is 5.10 Å². The van der Waals surface area contributed by atoms with E-state index < -0.39 is 0 Å². The fourth-order valence-corrected chi connectivity index (χ4v) is 1.57. The maximum atomic E-state index is 10.7. The number of aromatic nitrogens is 4. The minimum absolute atomic E-state index is 0.0783. The second kappa shape index (κ2) is 4.92. The summed E-state index contributed by atoms with van der Waals surface area (Å²) in [4.78, 5) is 18.5. The van der Waals surface area contributed by atoms with Gasteiger partial charge in [0.1, 0.15) is 11.5 Å². The van der Waals surface area contributed by atoms with Crippen molar-refractivity contribution in [2.45, 2.75) is 6.92 Å². The predicted octanol–water partition coefficient (Wildman–Crippen LogP) is 1.16. The van der Waals surface area contributed by atoms with E-state index in [1.165, 1.54) is 13.3 Å². The molecule has 88 valence electrons. The molecule has 6 nitrogen and oxygen atoms in total. The predicted molar refractivity (Wildman–Crippen MR) is 64.4 cm³/mol. The lowest BCUT2D eigenvalue weighted by molar-refractivity contribution is -0.118. The van der Waals surface area contributed by atoms with Gasteiger partial charge in [0.15, 0.2) is 5.65 Å². The highest BCUT2D eigenvalue weighted by Gasteiger charge is 2.08. The molecular weight excluding hydrogens is 242 g/mol. The number of hydrogen-bond acceptors (Lipinski definition) is 4. The molecule has 0 aliphatic rings. The van der Waals surface area contributed by atoms with Crippen LogP contribution < -0.4 is 5.32 Å². The van der Waals surface area contributed by atoms with Crippen molar-refractivity contribution in [1.29, 1.82) is 0 Å². The summed E-state index contributed by atoms with van der Waals surface area (Å²) in [6.07, 6.45) is 4.93. The van der Waals surface area contributed by atoms with Gasteiger partial charge in [0.2, 0.25) is 5.91 Å². The van der Waals surface area contributed by atoms with Gasteiger partial charge in [-0.05, 0) is 6.08 Å². The van der Waals surface area contributed by atoms with Crippen molar-refractivity contribution >= 4 is 34.6 Å². The van der Waals surface area contributed by atoms with Crippen LogP contribution in [0.15, 0.2) is 12.4 Å². The third kappa shape index (κ3) is 2.59. The second-order valence-corrected chi connectivity index (χ2v) is 3.70. The third-order valence-corrected chi connectivity index (χ3v) is 2.37. The first-order valence-corrected chi connectivity index (χ1v) is 5.32. The number of nitrogens with one attached hydrogen (secondary N) is 2. The summed E-state index contributed by atoms with van der Waals surface area (Å²) in [5.74, 6) is -0.0783. The van der Waals surface area contributed by atoms with Crippen LogP contribution in [0.1, 0.15) is 12.6 Å². The van der Waals surface area contributed by atoms with Crippen LogP contribution in [0.5, 0.6) is 0 Å². The monoisotopic (exact) mass is 251 g/mol. The van der Waals surface area contributed by atoms with E-state index in [0.29, 0.717) is 22.7 Å². The van der Waals surface area contributed by atoms with Gasteiger partial charge in [-0.25, -0.2) is 9.97 Å². The summed E-state index contributed by atoms with van der Waals surface area (Å²) in [6, 6.07) is 0. The Labute approximate surface area is 102 Å². The number of H-pyrrole nitrogens is 1. The molecule has 17 heavy (non-hydrogen) atoms. The molecule has 0 bridgehead atoms. The van der Waals surface area contributed by atoms with Crippen molar-refractivity contribution in [3.8, 4) is 0 Å². The van der Waals surface area contributed by atoms with E-state index in [2.05, 4.69) is 25.5 Å². The summed E-state index contributed by atoms with van der Waals surface area (Å²) < 4.78 is 0. The number of hydrogen-bond donors (Lipinski definition) is 2. The van der Waals surface area contributed by atoms with E-state index in [-0.39, 0.29) is 5.91 Å². The zero-order chi connectivity index (χ0) is 12.3. The van der Waals surface area contributed by atoms with Crippen LogP contribution in [0.3, 0.4) is 0 Å². The molecule has 0 spiro atoms. The molecule has 0 aliphatic heterocycles. The summed E-state index contributed by atoms with van der Waals surface area (Å²) in [5.41, 5.74) is 1.24. The molecule has 0 unspecified atom stereocenters. The third-order valence-electron chi connectivity index (χ3n) is 2.09. The molecule has 0 aliphatic carbocycles.